The number of likely N-dealkylation sites (tertiary alicyclic amines) is 1. The van der Waals surface area contributed by atoms with E-state index in [-0.39, 0.29) is 5.91 Å². The van der Waals surface area contributed by atoms with Gasteiger partial charge >= 0.3 is 0 Å². The van der Waals surface area contributed by atoms with Crippen molar-refractivity contribution in [1.29, 1.82) is 0 Å². The molecule has 1 saturated heterocycles. The van der Waals surface area contributed by atoms with Gasteiger partial charge in [-0.1, -0.05) is 42.1 Å². The Morgan fingerprint density at radius 2 is 2.00 bits per heavy atom. The van der Waals surface area contributed by atoms with Crippen molar-refractivity contribution < 1.29 is 4.79 Å². The van der Waals surface area contributed by atoms with Gasteiger partial charge in [-0.25, -0.2) is 9.50 Å². The Kier molecular flexibility index (Phi) is 5.85. The van der Waals surface area contributed by atoms with Gasteiger partial charge < -0.3 is 4.90 Å². The summed E-state index contributed by atoms with van der Waals surface area (Å²) in [6, 6.07) is 10.9. The Morgan fingerprint density at radius 1 is 1.21 bits per heavy atom. The molecule has 1 atom stereocenters. The highest BCUT2D eigenvalue weighted by Gasteiger charge is 2.29. The fraction of sp³-hybridized carbons (Fsp3) is 0.455. The van der Waals surface area contributed by atoms with E-state index in [1.54, 1.807) is 4.52 Å². The Balaban J connectivity index is 1.49. The van der Waals surface area contributed by atoms with Crippen LogP contribution in [0.3, 0.4) is 0 Å². The molecule has 0 saturated carbocycles. The SMILES string of the molecule is CSc1nc2nc(C)c(CC(=O)N3CCCC3CCc3ccccc3)c(C)n2n1. The number of benzene rings is 1. The van der Waals surface area contributed by atoms with Crippen LogP contribution >= 0.6 is 11.8 Å². The number of fused-ring (bicyclic) bond motifs is 1. The third-order valence-electron chi connectivity index (χ3n) is 5.85. The van der Waals surface area contributed by atoms with Crippen LogP contribution < -0.4 is 0 Å². The van der Waals surface area contributed by atoms with Crippen LogP contribution in [0.15, 0.2) is 35.5 Å². The van der Waals surface area contributed by atoms with Gasteiger partial charge in [-0.15, -0.1) is 5.10 Å². The summed E-state index contributed by atoms with van der Waals surface area (Å²) in [5.74, 6) is 0.792. The summed E-state index contributed by atoms with van der Waals surface area (Å²) in [6.07, 6.45) is 6.53. The van der Waals surface area contributed by atoms with Crippen molar-refractivity contribution in [2.24, 2.45) is 0 Å². The summed E-state index contributed by atoms with van der Waals surface area (Å²) in [7, 11) is 0. The van der Waals surface area contributed by atoms with Gasteiger partial charge in [-0.2, -0.15) is 4.98 Å². The molecule has 4 rings (SSSR count). The summed E-state index contributed by atoms with van der Waals surface area (Å²) < 4.78 is 1.76. The van der Waals surface area contributed by atoms with E-state index in [1.807, 2.05) is 26.2 Å². The molecule has 29 heavy (non-hydrogen) atoms. The largest absolute Gasteiger partial charge is 0.339 e. The molecule has 0 spiro atoms. The van der Waals surface area contributed by atoms with E-state index in [9.17, 15) is 4.79 Å². The third kappa shape index (κ3) is 4.15. The molecule has 152 valence electrons. The molecule has 1 amide bonds. The number of aryl methyl sites for hydroxylation is 3. The van der Waals surface area contributed by atoms with Crippen molar-refractivity contribution in [1.82, 2.24) is 24.5 Å². The molecule has 1 unspecified atom stereocenters. The average Bonchev–Trinajstić information content (AvgIpc) is 3.37. The molecule has 3 heterocycles. The number of nitrogens with zero attached hydrogens (tertiary/aromatic N) is 5. The van der Waals surface area contributed by atoms with E-state index in [1.165, 1.54) is 17.3 Å². The van der Waals surface area contributed by atoms with Crippen LogP contribution in [-0.2, 0) is 17.6 Å². The number of hydrogen-bond acceptors (Lipinski definition) is 5. The normalized spacial score (nSPS) is 16.7. The molecular weight excluding hydrogens is 382 g/mol. The first-order chi connectivity index (χ1) is 14.1. The number of aromatic nitrogens is 4. The first kappa shape index (κ1) is 19.9. The van der Waals surface area contributed by atoms with Gasteiger partial charge in [0.2, 0.25) is 11.1 Å². The predicted molar refractivity (Wildman–Crippen MR) is 115 cm³/mol. The summed E-state index contributed by atoms with van der Waals surface area (Å²) in [5, 5.41) is 5.19. The minimum Gasteiger partial charge on any atom is -0.339 e. The fourth-order valence-electron chi connectivity index (χ4n) is 4.23. The highest BCUT2D eigenvalue weighted by Crippen LogP contribution is 2.24. The van der Waals surface area contributed by atoms with Crippen molar-refractivity contribution in [3.8, 4) is 0 Å². The van der Waals surface area contributed by atoms with E-state index in [0.717, 1.165) is 49.2 Å². The number of hydrogen-bond donors (Lipinski definition) is 0. The van der Waals surface area contributed by atoms with Crippen LogP contribution in [0.2, 0.25) is 0 Å². The predicted octanol–water partition coefficient (Wildman–Crippen LogP) is 3.63. The topological polar surface area (TPSA) is 63.4 Å². The second-order valence-electron chi connectivity index (χ2n) is 7.66. The summed E-state index contributed by atoms with van der Waals surface area (Å²) in [5.41, 5.74) is 4.12. The Labute approximate surface area is 175 Å². The highest BCUT2D eigenvalue weighted by molar-refractivity contribution is 7.98. The zero-order valence-electron chi connectivity index (χ0n) is 17.3. The maximum Gasteiger partial charge on any atom is 0.253 e. The van der Waals surface area contributed by atoms with Gasteiger partial charge in [-0.05, 0) is 51.3 Å². The maximum absolute atomic E-state index is 13.2. The van der Waals surface area contributed by atoms with Gasteiger partial charge in [0, 0.05) is 29.5 Å². The molecular formula is C22H27N5OS. The van der Waals surface area contributed by atoms with Gasteiger partial charge in [0.1, 0.15) is 0 Å². The number of carbonyl (C=O) groups is 1. The van der Waals surface area contributed by atoms with Crippen molar-refractivity contribution >= 4 is 23.4 Å². The Hall–Kier alpha value is -2.41. The van der Waals surface area contributed by atoms with Crippen LogP contribution in [0.25, 0.3) is 5.78 Å². The first-order valence-corrected chi connectivity index (χ1v) is 11.4. The fourth-order valence-corrected chi connectivity index (χ4v) is 4.56. The molecule has 1 aliphatic heterocycles. The number of carbonyl (C=O) groups excluding carboxylic acids is 1. The molecule has 3 aromatic rings. The van der Waals surface area contributed by atoms with Crippen molar-refractivity contribution in [3.05, 3.63) is 52.8 Å². The molecule has 1 aromatic carbocycles. The molecule has 0 bridgehead atoms. The lowest BCUT2D eigenvalue weighted by atomic mass is 10.0. The van der Waals surface area contributed by atoms with E-state index >= 15 is 0 Å². The van der Waals surface area contributed by atoms with E-state index in [0.29, 0.717) is 23.4 Å². The summed E-state index contributed by atoms with van der Waals surface area (Å²) in [6.45, 7) is 4.81. The molecule has 7 heteroatoms. The van der Waals surface area contributed by atoms with E-state index in [2.05, 4.69) is 44.2 Å². The average molecular weight is 410 g/mol. The minimum atomic E-state index is 0.193. The standard InChI is InChI=1S/C22H27N5OS/c1-15-19(16(2)27-21(23-15)24-22(25-27)29-3)14-20(28)26-13-7-10-18(26)12-11-17-8-5-4-6-9-17/h4-6,8-9,18H,7,10-14H2,1-3H3. The zero-order chi connectivity index (χ0) is 20.4. The lowest BCUT2D eigenvalue weighted by Crippen LogP contribution is -2.37. The lowest BCUT2D eigenvalue weighted by molar-refractivity contribution is -0.131. The Bertz CT molecular complexity index is 1020. The summed E-state index contributed by atoms with van der Waals surface area (Å²) >= 11 is 1.49. The van der Waals surface area contributed by atoms with Crippen molar-refractivity contribution in [2.45, 2.75) is 57.1 Å². The zero-order valence-corrected chi connectivity index (χ0v) is 18.1. The number of thioether (sulfide) groups is 1. The van der Waals surface area contributed by atoms with Crippen LogP contribution in [-0.4, -0.2) is 49.2 Å². The highest BCUT2D eigenvalue weighted by atomic mass is 32.2. The molecule has 0 N–H and O–H groups in total. The smallest absolute Gasteiger partial charge is 0.253 e. The molecule has 1 fully saturated rings. The van der Waals surface area contributed by atoms with E-state index < -0.39 is 0 Å². The quantitative estimate of drug-likeness (QED) is 0.582. The van der Waals surface area contributed by atoms with E-state index in [4.69, 9.17) is 0 Å². The van der Waals surface area contributed by atoms with Gasteiger partial charge in [0.15, 0.2) is 0 Å². The molecule has 0 radical (unpaired) electrons. The number of rotatable bonds is 6. The second-order valence-corrected chi connectivity index (χ2v) is 8.43. The van der Waals surface area contributed by atoms with Crippen molar-refractivity contribution in [3.63, 3.8) is 0 Å². The second kappa shape index (κ2) is 8.53. The Morgan fingerprint density at radius 3 is 2.76 bits per heavy atom. The monoisotopic (exact) mass is 409 g/mol. The lowest BCUT2D eigenvalue weighted by Gasteiger charge is -2.25. The maximum atomic E-state index is 13.2. The number of amides is 1. The molecule has 6 nitrogen and oxygen atoms in total. The van der Waals surface area contributed by atoms with Crippen LogP contribution in [0, 0.1) is 13.8 Å². The minimum absolute atomic E-state index is 0.193. The molecule has 0 aliphatic carbocycles. The van der Waals surface area contributed by atoms with Crippen molar-refractivity contribution in [2.75, 3.05) is 12.8 Å². The molecule has 1 aliphatic rings. The van der Waals surface area contributed by atoms with Gasteiger partial charge in [0.25, 0.3) is 5.78 Å². The molecule has 2 aromatic heterocycles. The third-order valence-corrected chi connectivity index (χ3v) is 6.38. The van der Waals surface area contributed by atoms with Gasteiger partial charge in [0.05, 0.1) is 6.42 Å². The van der Waals surface area contributed by atoms with Gasteiger partial charge in [-0.3, -0.25) is 4.79 Å². The van der Waals surface area contributed by atoms with Crippen LogP contribution in [0.5, 0.6) is 0 Å². The van der Waals surface area contributed by atoms with Crippen LogP contribution in [0.1, 0.15) is 41.8 Å². The summed E-state index contributed by atoms with van der Waals surface area (Å²) in [4.78, 5) is 24.3. The van der Waals surface area contributed by atoms with Crippen LogP contribution in [0.4, 0.5) is 0 Å². The first-order valence-electron chi connectivity index (χ1n) is 10.2.